The molecule has 0 fully saturated rings. The monoisotopic (exact) mass is 317 g/mol. The number of Topliss-reactive ketones (excluding diaryl/α,β-unsaturated/α-hetero) is 1. The molecular weight excluding hydrogens is 294 g/mol. The molecule has 3 heteroatoms. The Hall–Kier alpha value is -1.64. The minimum atomic E-state index is -0.203. The van der Waals surface area contributed by atoms with Crippen LogP contribution in [-0.4, -0.2) is 17.4 Å². The van der Waals surface area contributed by atoms with Crippen molar-refractivity contribution in [3.63, 3.8) is 0 Å². The highest BCUT2D eigenvalue weighted by Gasteiger charge is 2.24. The van der Waals surface area contributed by atoms with Gasteiger partial charge in [-0.25, -0.2) is 0 Å². The first kappa shape index (κ1) is 18.4. The van der Waals surface area contributed by atoms with Gasteiger partial charge >= 0.3 is 0 Å². The van der Waals surface area contributed by atoms with E-state index in [1.54, 1.807) is 0 Å². The summed E-state index contributed by atoms with van der Waals surface area (Å²) in [6.45, 7) is 6.20. The SMILES string of the molecule is CC(NC(C)(C)Cc1ccccc1)C(=O)c1ccccc1.Cl. The van der Waals surface area contributed by atoms with Gasteiger partial charge in [0.25, 0.3) is 0 Å². The molecule has 0 aliphatic heterocycles. The Labute approximate surface area is 139 Å². The average Bonchev–Trinajstić information content (AvgIpc) is 2.47. The van der Waals surface area contributed by atoms with Gasteiger partial charge in [0.1, 0.15) is 0 Å². The summed E-state index contributed by atoms with van der Waals surface area (Å²) < 4.78 is 0. The Morgan fingerprint density at radius 2 is 1.50 bits per heavy atom. The lowest BCUT2D eigenvalue weighted by atomic mass is 9.93. The molecule has 0 heterocycles. The summed E-state index contributed by atoms with van der Waals surface area (Å²) in [5, 5.41) is 3.45. The van der Waals surface area contributed by atoms with E-state index in [9.17, 15) is 4.79 Å². The molecule has 0 radical (unpaired) electrons. The molecule has 2 aromatic carbocycles. The van der Waals surface area contributed by atoms with Crippen LogP contribution < -0.4 is 5.32 Å². The van der Waals surface area contributed by atoms with Gasteiger partial charge in [-0.1, -0.05) is 60.7 Å². The van der Waals surface area contributed by atoms with Crippen LogP contribution >= 0.6 is 12.4 Å². The first-order valence-corrected chi connectivity index (χ1v) is 7.39. The van der Waals surface area contributed by atoms with Gasteiger partial charge in [0, 0.05) is 11.1 Å². The van der Waals surface area contributed by atoms with E-state index in [0.717, 1.165) is 12.0 Å². The second kappa shape index (κ2) is 8.11. The van der Waals surface area contributed by atoms with Crippen LogP contribution in [0, 0.1) is 0 Å². The molecule has 0 aliphatic rings. The minimum absolute atomic E-state index is 0. The zero-order valence-electron chi connectivity index (χ0n) is 13.4. The van der Waals surface area contributed by atoms with Crippen molar-refractivity contribution in [1.82, 2.24) is 5.32 Å². The molecule has 22 heavy (non-hydrogen) atoms. The first-order valence-electron chi connectivity index (χ1n) is 7.39. The van der Waals surface area contributed by atoms with Crippen molar-refractivity contribution < 1.29 is 4.79 Å². The standard InChI is InChI=1S/C19H23NO.ClH/c1-15(18(21)17-12-8-5-9-13-17)20-19(2,3)14-16-10-6-4-7-11-16;/h4-13,15,20H,14H2,1-3H3;1H. The molecule has 0 amide bonds. The number of carbonyl (C=O) groups excluding carboxylic acids is 1. The summed E-state index contributed by atoms with van der Waals surface area (Å²) in [4.78, 5) is 12.4. The zero-order chi connectivity index (χ0) is 15.3. The molecule has 1 unspecified atom stereocenters. The summed E-state index contributed by atoms with van der Waals surface area (Å²) in [6.07, 6.45) is 0.889. The van der Waals surface area contributed by atoms with Gasteiger partial charge in [-0.15, -0.1) is 12.4 Å². The fraction of sp³-hybridized carbons (Fsp3) is 0.316. The Bertz CT molecular complexity index is 581. The number of hydrogen-bond acceptors (Lipinski definition) is 2. The molecule has 0 aliphatic carbocycles. The summed E-state index contributed by atoms with van der Waals surface area (Å²) in [5.41, 5.74) is 1.90. The molecule has 2 nitrogen and oxygen atoms in total. The first-order chi connectivity index (χ1) is 9.98. The summed E-state index contributed by atoms with van der Waals surface area (Å²) in [5.74, 6) is 0.136. The lowest BCUT2D eigenvalue weighted by Crippen LogP contribution is -2.49. The van der Waals surface area contributed by atoms with Gasteiger partial charge in [0.2, 0.25) is 0 Å². The Balaban J connectivity index is 0.00000242. The highest BCUT2D eigenvalue weighted by molar-refractivity contribution is 5.99. The van der Waals surface area contributed by atoms with Gasteiger partial charge in [-0.2, -0.15) is 0 Å². The van der Waals surface area contributed by atoms with Crippen molar-refractivity contribution in [2.75, 3.05) is 0 Å². The maximum atomic E-state index is 12.4. The third kappa shape index (κ3) is 5.28. The number of halogens is 1. The van der Waals surface area contributed by atoms with Crippen LogP contribution in [0.4, 0.5) is 0 Å². The second-order valence-electron chi connectivity index (χ2n) is 6.14. The largest absolute Gasteiger partial charge is 0.302 e. The number of ketones is 1. The Morgan fingerprint density at radius 1 is 1.00 bits per heavy atom. The highest BCUT2D eigenvalue weighted by Crippen LogP contribution is 2.14. The van der Waals surface area contributed by atoms with Crippen molar-refractivity contribution in [2.45, 2.75) is 38.8 Å². The molecule has 0 spiro atoms. The van der Waals surface area contributed by atoms with Crippen molar-refractivity contribution in [3.05, 3.63) is 71.8 Å². The Kier molecular flexibility index (Phi) is 6.79. The highest BCUT2D eigenvalue weighted by atomic mass is 35.5. The zero-order valence-corrected chi connectivity index (χ0v) is 14.2. The number of rotatable bonds is 6. The van der Waals surface area contributed by atoms with E-state index in [4.69, 9.17) is 0 Å². The lowest BCUT2D eigenvalue weighted by molar-refractivity contribution is 0.0933. The maximum Gasteiger partial charge on any atom is 0.179 e. The average molecular weight is 318 g/mol. The third-order valence-corrected chi connectivity index (χ3v) is 3.55. The van der Waals surface area contributed by atoms with Gasteiger partial charge < -0.3 is 5.32 Å². The fourth-order valence-corrected chi connectivity index (χ4v) is 2.66. The van der Waals surface area contributed by atoms with E-state index in [2.05, 4.69) is 31.3 Å². The Morgan fingerprint density at radius 3 is 2.05 bits per heavy atom. The molecule has 118 valence electrons. The van der Waals surface area contributed by atoms with E-state index >= 15 is 0 Å². The fourth-order valence-electron chi connectivity index (χ4n) is 2.66. The van der Waals surface area contributed by atoms with Crippen molar-refractivity contribution in [3.8, 4) is 0 Å². The molecular formula is C19H24ClNO. The minimum Gasteiger partial charge on any atom is -0.302 e. The summed E-state index contributed by atoms with van der Waals surface area (Å²) in [7, 11) is 0. The van der Waals surface area contributed by atoms with Crippen LogP contribution in [0.25, 0.3) is 0 Å². The van der Waals surface area contributed by atoms with Gasteiger partial charge in [0.05, 0.1) is 6.04 Å². The molecule has 0 bridgehead atoms. The van der Waals surface area contributed by atoms with Gasteiger partial charge in [0.15, 0.2) is 5.78 Å². The van der Waals surface area contributed by atoms with Crippen LogP contribution in [0.1, 0.15) is 36.7 Å². The quantitative estimate of drug-likeness (QED) is 0.805. The molecule has 0 aromatic heterocycles. The topological polar surface area (TPSA) is 29.1 Å². The predicted octanol–water partition coefficient (Wildman–Crippen LogP) is 4.29. The van der Waals surface area contributed by atoms with Crippen LogP contribution in [0.3, 0.4) is 0 Å². The van der Waals surface area contributed by atoms with Crippen LogP contribution in [0.5, 0.6) is 0 Å². The van der Waals surface area contributed by atoms with E-state index < -0.39 is 0 Å². The molecule has 1 N–H and O–H groups in total. The van der Waals surface area contributed by atoms with Gasteiger partial charge in [-0.05, 0) is 32.8 Å². The summed E-state index contributed by atoms with van der Waals surface area (Å²) in [6, 6.07) is 19.6. The number of carbonyl (C=O) groups is 1. The van der Waals surface area contributed by atoms with Crippen LogP contribution in [0.2, 0.25) is 0 Å². The van der Waals surface area contributed by atoms with E-state index in [1.165, 1.54) is 5.56 Å². The molecule has 1 atom stereocenters. The maximum absolute atomic E-state index is 12.4. The van der Waals surface area contributed by atoms with Gasteiger partial charge in [-0.3, -0.25) is 4.79 Å². The van der Waals surface area contributed by atoms with Crippen molar-refractivity contribution in [1.29, 1.82) is 0 Å². The molecule has 0 saturated carbocycles. The van der Waals surface area contributed by atoms with E-state index in [0.29, 0.717) is 0 Å². The molecule has 0 saturated heterocycles. The second-order valence-corrected chi connectivity index (χ2v) is 6.14. The number of hydrogen-bond donors (Lipinski definition) is 1. The number of benzene rings is 2. The summed E-state index contributed by atoms with van der Waals surface area (Å²) >= 11 is 0. The van der Waals surface area contributed by atoms with E-state index in [1.807, 2.05) is 55.5 Å². The van der Waals surface area contributed by atoms with E-state index in [-0.39, 0.29) is 29.8 Å². The normalized spacial score (nSPS) is 12.3. The smallest absolute Gasteiger partial charge is 0.179 e. The predicted molar refractivity (Wildman–Crippen MR) is 94.8 cm³/mol. The van der Waals surface area contributed by atoms with Crippen molar-refractivity contribution in [2.24, 2.45) is 0 Å². The molecule has 2 aromatic rings. The van der Waals surface area contributed by atoms with Crippen LogP contribution in [-0.2, 0) is 6.42 Å². The number of nitrogens with one attached hydrogen (secondary N) is 1. The van der Waals surface area contributed by atoms with Crippen LogP contribution in [0.15, 0.2) is 60.7 Å². The van der Waals surface area contributed by atoms with Crippen molar-refractivity contribution >= 4 is 18.2 Å². The third-order valence-electron chi connectivity index (χ3n) is 3.55. The molecule has 2 rings (SSSR count). The lowest BCUT2D eigenvalue weighted by Gasteiger charge is -2.30.